The first-order valence-electron chi connectivity index (χ1n) is 8.04. The second-order valence-corrected chi connectivity index (χ2v) is 5.93. The van der Waals surface area contributed by atoms with Crippen molar-refractivity contribution in [3.8, 4) is 17.6 Å². The van der Waals surface area contributed by atoms with Crippen molar-refractivity contribution in [2.45, 2.75) is 18.8 Å². The highest BCUT2D eigenvalue weighted by Gasteiger charge is 2.47. The summed E-state index contributed by atoms with van der Waals surface area (Å²) in [7, 11) is 0. The van der Waals surface area contributed by atoms with Crippen LogP contribution in [-0.2, 0) is 16.6 Å². The van der Waals surface area contributed by atoms with Gasteiger partial charge in [-0.1, -0.05) is 18.2 Å². The van der Waals surface area contributed by atoms with Gasteiger partial charge in [-0.05, 0) is 42.3 Å². The third kappa shape index (κ3) is 2.26. The van der Waals surface area contributed by atoms with Crippen molar-refractivity contribution >= 4 is 16.9 Å². The number of hydrogen-bond acceptors (Lipinski definition) is 5. The van der Waals surface area contributed by atoms with E-state index in [1.165, 1.54) is 0 Å². The van der Waals surface area contributed by atoms with Crippen LogP contribution in [0.2, 0.25) is 0 Å². The minimum atomic E-state index is -1.37. The standard InChI is InChI=1S/C20H15NO4/c1-2-23-15-6-4-14(5-7-15)20(12-21)11-13-3-8-17-16(9-10-24-17)18(13)25-19(20)22/h3-10H,2,11H2,1H3. The number of esters is 1. The first kappa shape index (κ1) is 15.3. The normalized spacial score (nSPS) is 19.1. The summed E-state index contributed by atoms with van der Waals surface area (Å²) >= 11 is 0. The van der Waals surface area contributed by atoms with Gasteiger partial charge in [-0.15, -0.1) is 0 Å². The molecular formula is C20H15NO4. The zero-order valence-corrected chi connectivity index (χ0v) is 13.6. The van der Waals surface area contributed by atoms with E-state index in [1.807, 2.05) is 19.1 Å². The largest absolute Gasteiger partial charge is 0.494 e. The maximum absolute atomic E-state index is 12.8. The molecule has 2 aromatic carbocycles. The Morgan fingerprint density at radius 1 is 1.20 bits per heavy atom. The SMILES string of the molecule is CCOc1ccc(C2(C#N)Cc3ccc4occc4c3OC2=O)cc1. The third-order valence-electron chi connectivity index (χ3n) is 4.52. The number of furan rings is 1. The molecule has 0 bridgehead atoms. The number of ether oxygens (including phenoxy) is 2. The molecule has 5 heteroatoms. The molecule has 0 aliphatic carbocycles. The lowest BCUT2D eigenvalue weighted by Gasteiger charge is -2.30. The number of nitriles is 1. The number of rotatable bonds is 3. The molecule has 0 radical (unpaired) electrons. The monoisotopic (exact) mass is 333 g/mol. The van der Waals surface area contributed by atoms with E-state index in [0.717, 1.165) is 10.9 Å². The highest BCUT2D eigenvalue weighted by Crippen LogP contribution is 2.42. The fourth-order valence-corrected chi connectivity index (χ4v) is 3.23. The Labute approximate surface area is 144 Å². The van der Waals surface area contributed by atoms with Crippen LogP contribution >= 0.6 is 0 Å². The highest BCUT2D eigenvalue weighted by atomic mass is 16.5. The molecular weight excluding hydrogens is 318 g/mol. The van der Waals surface area contributed by atoms with E-state index >= 15 is 0 Å². The van der Waals surface area contributed by atoms with Gasteiger partial charge in [-0.25, -0.2) is 4.79 Å². The predicted molar refractivity (Wildman–Crippen MR) is 90.5 cm³/mol. The summed E-state index contributed by atoms with van der Waals surface area (Å²) in [6, 6.07) is 14.6. The topological polar surface area (TPSA) is 72.5 Å². The molecule has 1 atom stereocenters. The van der Waals surface area contributed by atoms with E-state index in [9.17, 15) is 10.1 Å². The minimum absolute atomic E-state index is 0.257. The second kappa shape index (κ2) is 5.67. The Balaban J connectivity index is 1.80. The molecule has 0 spiro atoms. The van der Waals surface area contributed by atoms with E-state index in [0.29, 0.717) is 29.3 Å². The lowest BCUT2D eigenvalue weighted by atomic mass is 9.75. The van der Waals surface area contributed by atoms with Crippen molar-refractivity contribution in [3.05, 3.63) is 59.9 Å². The summed E-state index contributed by atoms with van der Waals surface area (Å²) < 4.78 is 16.4. The molecule has 124 valence electrons. The van der Waals surface area contributed by atoms with Crippen LogP contribution in [0.5, 0.6) is 11.5 Å². The lowest BCUT2D eigenvalue weighted by molar-refractivity contribution is -0.139. The molecule has 0 amide bonds. The number of carbonyl (C=O) groups excluding carboxylic acids is 1. The summed E-state index contributed by atoms with van der Waals surface area (Å²) in [5, 5.41) is 10.6. The Bertz CT molecular complexity index is 997. The first-order chi connectivity index (χ1) is 12.2. The van der Waals surface area contributed by atoms with Gasteiger partial charge < -0.3 is 13.9 Å². The number of carbonyl (C=O) groups is 1. The summed E-state index contributed by atoms with van der Waals surface area (Å²) in [4.78, 5) is 12.8. The molecule has 1 aliphatic rings. The zero-order chi connectivity index (χ0) is 17.4. The fraction of sp³-hybridized carbons (Fsp3) is 0.200. The van der Waals surface area contributed by atoms with Crippen molar-refractivity contribution in [2.24, 2.45) is 0 Å². The molecule has 1 unspecified atom stereocenters. The molecule has 3 aromatic rings. The quantitative estimate of drug-likeness (QED) is 0.539. The summed E-state index contributed by atoms with van der Waals surface area (Å²) in [6.45, 7) is 2.45. The van der Waals surface area contributed by atoms with Gasteiger partial charge in [-0.2, -0.15) is 5.26 Å². The molecule has 25 heavy (non-hydrogen) atoms. The molecule has 0 fully saturated rings. The van der Waals surface area contributed by atoms with Gasteiger partial charge in [0.2, 0.25) is 0 Å². The highest BCUT2D eigenvalue weighted by molar-refractivity contribution is 5.96. The maximum atomic E-state index is 12.8. The van der Waals surface area contributed by atoms with Crippen molar-refractivity contribution < 1.29 is 18.7 Å². The molecule has 1 aromatic heterocycles. The van der Waals surface area contributed by atoms with Gasteiger partial charge in [0.1, 0.15) is 17.1 Å². The van der Waals surface area contributed by atoms with Gasteiger partial charge in [-0.3, -0.25) is 0 Å². The van der Waals surface area contributed by atoms with Crippen LogP contribution in [0.3, 0.4) is 0 Å². The van der Waals surface area contributed by atoms with Crippen molar-refractivity contribution in [2.75, 3.05) is 6.61 Å². The average molecular weight is 333 g/mol. The minimum Gasteiger partial charge on any atom is -0.494 e. The zero-order valence-electron chi connectivity index (χ0n) is 13.6. The van der Waals surface area contributed by atoms with Crippen LogP contribution in [0.1, 0.15) is 18.1 Å². The number of fused-ring (bicyclic) bond motifs is 3. The molecule has 1 aliphatic heterocycles. The molecule has 0 saturated carbocycles. The van der Waals surface area contributed by atoms with Gasteiger partial charge in [0.25, 0.3) is 0 Å². The van der Waals surface area contributed by atoms with Crippen molar-refractivity contribution in [3.63, 3.8) is 0 Å². The van der Waals surface area contributed by atoms with Gasteiger partial charge in [0.15, 0.2) is 5.41 Å². The molecule has 4 rings (SSSR count). The maximum Gasteiger partial charge on any atom is 0.336 e. The average Bonchev–Trinajstić information content (AvgIpc) is 3.11. The third-order valence-corrected chi connectivity index (χ3v) is 4.52. The molecule has 2 heterocycles. The predicted octanol–water partition coefficient (Wildman–Crippen LogP) is 3.75. The Morgan fingerprint density at radius 2 is 2.00 bits per heavy atom. The Kier molecular flexibility index (Phi) is 3.47. The summed E-state index contributed by atoms with van der Waals surface area (Å²) in [5.74, 6) is 0.609. The summed E-state index contributed by atoms with van der Waals surface area (Å²) in [5.41, 5.74) is 0.692. The van der Waals surface area contributed by atoms with Gasteiger partial charge >= 0.3 is 5.97 Å². The van der Waals surface area contributed by atoms with Crippen LogP contribution < -0.4 is 9.47 Å². The van der Waals surface area contributed by atoms with Gasteiger partial charge in [0, 0.05) is 6.42 Å². The fourth-order valence-electron chi connectivity index (χ4n) is 3.23. The number of hydrogen-bond donors (Lipinski definition) is 0. The van der Waals surface area contributed by atoms with Crippen LogP contribution in [0, 0.1) is 11.3 Å². The van der Waals surface area contributed by atoms with E-state index in [2.05, 4.69) is 6.07 Å². The number of benzene rings is 2. The Hall–Kier alpha value is -3.26. The van der Waals surface area contributed by atoms with E-state index < -0.39 is 11.4 Å². The van der Waals surface area contributed by atoms with Gasteiger partial charge in [0.05, 0.1) is 24.3 Å². The molecule has 0 N–H and O–H groups in total. The first-order valence-corrected chi connectivity index (χ1v) is 8.04. The number of nitrogens with zero attached hydrogens (tertiary/aromatic N) is 1. The van der Waals surface area contributed by atoms with Crippen molar-refractivity contribution in [1.82, 2.24) is 0 Å². The van der Waals surface area contributed by atoms with Crippen LogP contribution in [0.4, 0.5) is 0 Å². The van der Waals surface area contributed by atoms with E-state index in [4.69, 9.17) is 13.9 Å². The van der Waals surface area contributed by atoms with Crippen LogP contribution in [0.15, 0.2) is 53.1 Å². The second-order valence-electron chi connectivity index (χ2n) is 5.93. The lowest BCUT2D eigenvalue weighted by Crippen LogP contribution is -2.43. The van der Waals surface area contributed by atoms with E-state index in [-0.39, 0.29) is 6.42 Å². The van der Waals surface area contributed by atoms with Crippen molar-refractivity contribution in [1.29, 1.82) is 5.26 Å². The molecule has 5 nitrogen and oxygen atoms in total. The smallest absolute Gasteiger partial charge is 0.336 e. The van der Waals surface area contributed by atoms with Crippen LogP contribution in [-0.4, -0.2) is 12.6 Å². The molecule has 0 saturated heterocycles. The van der Waals surface area contributed by atoms with E-state index in [1.54, 1.807) is 36.6 Å². The van der Waals surface area contributed by atoms with Crippen LogP contribution in [0.25, 0.3) is 11.0 Å². The Morgan fingerprint density at radius 3 is 2.72 bits per heavy atom. The summed E-state index contributed by atoms with van der Waals surface area (Å²) in [6.07, 6.45) is 1.81.